The van der Waals surface area contributed by atoms with Gasteiger partial charge in [0.1, 0.15) is 11.5 Å². The van der Waals surface area contributed by atoms with Gasteiger partial charge in [-0.05, 0) is 13.0 Å². The molecule has 0 unspecified atom stereocenters. The zero-order valence-corrected chi connectivity index (χ0v) is 9.71. The highest BCUT2D eigenvalue weighted by Crippen LogP contribution is 2.40. The average Bonchev–Trinajstić information content (AvgIpc) is 2.83. The smallest absolute Gasteiger partial charge is 0.126 e. The first kappa shape index (κ1) is 9.97. The topological polar surface area (TPSA) is 46.1 Å². The van der Waals surface area contributed by atoms with E-state index >= 15 is 0 Å². The number of quaternary nitrogens is 1. The summed E-state index contributed by atoms with van der Waals surface area (Å²) >= 11 is 0. The Morgan fingerprint density at radius 2 is 2.12 bits per heavy atom. The normalized spacial score (nSPS) is 18.6. The van der Waals surface area contributed by atoms with Crippen LogP contribution in [0.15, 0.2) is 6.07 Å². The van der Waals surface area contributed by atoms with Gasteiger partial charge in [0.15, 0.2) is 0 Å². The summed E-state index contributed by atoms with van der Waals surface area (Å²) in [6.07, 6.45) is 3.04. The maximum atomic E-state index is 5.77. The van der Waals surface area contributed by atoms with Crippen molar-refractivity contribution in [1.29, 1.82) is 0 Å². The number of hydrogen-bond donors (Lipinski definition) is 1. The zero-order chi connectivity index (χ0) is 11.1. The van der Waals surface area contributed by atoms with E-state index in [0.29, 0.717) is 6.04 Å². The molecule has 3 heteroatoms. The minimum Gasteiger partial charge on any atom is -0.493 e. The fraction of sp³-hybridized carbons (Fsp3) is 0.538. The number of fused-ring (bicyclic) bond motifs is 2. The van der Waals surface area contributed by atoms with Crippen LogP contribution in [0, 0.1) is 0 Å². The van der Waals surface area contributed by atoms with Crippen molar-refractivity contribution in [2.75, 3.05) is 13.2 Å². The van der Waals surface area contributed by atoms with Crippen LogP contribution in [0.2, 0.25) is 0 Å². The van der Waals surface area contributed by atoms with Crippen LogP contribution in [0.4, 0.5) is 0 Å². The van der Waals surface area contributed by atoms with Gasteiger partial charge < -0.3 is 15.2 Å². The van der Waals surface area contributed by atoms with Gasteiger partial charge >= 0.3 is 0 Å². The lowest BCUT2D eigenvalue weighted by atomic mass is 9.95. The molecule has 3 rings (SSSR count). The molecule has 0 spiro atoms. The first-order chi connectivity index (χ1) is 7.75. The third-order valence-corrected chi connectivity index (χ3v) is 3.31. The van der Waals surface area contributed by atoms with Crippen LogP contribution in [-0.2, 0) is 19.3 Å². The van der Waals surface area contributed by atoms with Crippen LogP contribution >= 0.6 is 0 Å². The van der Waals surface area contributed by atoms with E-state index in [-0.39, 0.29) is 0 Å². The number of ether oxygens (including phenoxy) is 2. The second-order valence-corrected chi connectivity index (χ2v) is 4.83. The van der Waals surface area contributed by atoms with Crippen molar-refractivity contribution >= 4 is 0 Å². The summed E-state index contributed by atoms with van der Waals surface area (Å²) in [4.78, 5) is 0. The van der Waals surface area contributed by atoms with Crippen LogP contribution in [0.1, 0.15) is 23.6 Å². The Hall–Kier alpha value is -1.22. The number of hydrogen-bond acceptors (Lipinski definition) is 2. The Morgan fingerprint density at radius 3 is 2.94 bits per heavy atom. The predicted octanol–water partition coefficient (Wildman–Crippen LogP) is 0.729. The summed E-state index contributed by atoms with van der Waals surface area (Å²) in [5.41, 5.74) is 8.11. The van der Waals surface area contributed by atoms with Crippen molar-refractivity contribution in [3.63, 3.8) is 0 Å². The van der Waals surface area contributed by atoms with E-state index in [9.17, 15) is 0 Å². The quantitative estimate of drug-likeness (QED) is 0.798. The average molecular weight is 220 g/mol. The van der Waals surface area contributed by atoms with Crippen LogP contribution in [0.25, 0.3) is 0 Å². The first-order valence-electron chi connectivity index (χ1n) is 6.02. The molecule has 16 heavy (non-hydrogen) atoms. The maximum Gasteiger partial charge on any atom is 0.126 e. The highest BCUT2D eigenvalue weighted by molar-refractivity contribution is 5.56. The molecule has 0 aliphatic carbocycles. The molecule has 0 aromatic heterocycles. The molecule has 0 radical (unpaired) electrons. The number of benzene rings is 1. The van der Waals surface area contributed by atoms with E-state index in [0.717, 1.165) is 44.0 Å². The van der Waals surface area contributed by atoms with Gasteiger partial charge in [-0.3, -0.25) is 0 Å². The van der Waals surface area contributed by atoms with Gasteiger partial charge in [-0.15, -0.1) is 0 Å². The summed E-state index contributed by atoms with van der Waals surface area (Å²) in [7, 11) is 0. The Balaban J connectivity index is 2.12. The highest BCUT2D eigenvalue weighted by Gasteiger charge is 2.27. The fourth-order valence-corrected chi connectivity index (χ4v) is 2.65. The van der Waals surface area contributed by atoms with Crippen molar-refractivity contribution in [1.82, 2.24) is 0 Å². The second kappa shape index (κ2) is 3.67. The van der Waals surface area contributed by atoms with E-state index in [2.05, 4.69) is 18.7 Å². The molecule has 1 aromatic rings. The lowest BCUT2D eigenvalue weighted by Gasteiger charge is -2.13. The van der Waals surface area contributed by atoms with E-state index in [1.807, 2.05) is 0 Å². The molecule has 0 fully saturated rings. The summed E-state index contributed by atoms with van der Waals surface area (Å²) < 4.78 is 11.4. The minimum atomic E-state index is 0.417. The second-order valence-electron chi connectivity index (χ2n) is 4.83. The molecule has 1 aromatic carbocycles. The number of rotatable bonds is 2. The molecule has 1 atom stereocenters. The largest absolute Gasteiger partial charge is 0.493 e. The first-order valence-corrected chi connectivity index (χ1v) is 6.02. The van der Waals surface area contributed by atoms with Crippen LogP contribution in [0.5, 0.6) is 11.5 Å². The molecule has 2 heterocycles. The van der Waals surface area contributed by atoms with Gasteiger partial charge in [0, 0.05) is 36.0 Å². The van der Waals surface area contributed by atoms with Gasteiger partial charge in [-0.1, -0.05) is 0 Å². The van der Waals surface area contributed by atoms with E-state index in [4.69, 9.17) is 9.47 Å². The fourth-order valence-electron chi connectivity index (χ4n) is 2.65. The van der Waals surface area contributed by atoms with Crippen molar-refractivity contribution in [2.24, 2.45) is 0 Å². The highest BCUT2D eigenvalue weighted by atomic mass is 16.5. The minimum absolute atomic E-state index is 0.417. The monoisotopic (exact) mass is 220 g/mol. The lowest BCUT2D eigenvalue weighted by Crippen LogP contribution is -2.60. The molecule has 3 N–H and O–H groups in total. The van der Waals surface area contributed by atoms with E-state index < -0.39 is 0 Å². The Kier molecular flexibility index (Phi) is 2.28. The predicted molar refractivity (Wildman–Crippen MR) is 60.9 cm³/mol. The molecule has 0 saturated carbocycles. The molecule has 3 nitrogen and oxygen atoms in total. The third-order valence-electron chi connectivity index (χ3n) is 3.31. The molecule has 0 saturated heterocycles. The summed E-state index contributed by atoms with van der Waals surface area (Å²) in [6, 6.07) is 2.59. The molecule has 0 bridgehead atoms. The molecule has 2 aliphatic heterocycles. The summed E-state index contributed by atoms with van der Waals surface area (Å²) in [6.45, 7) is 3.78. The van der Waals surface area contributed by atoms with Crippen LogP contribution in [0.3, 0.4) is 0 Å². The lowest BCUT2D eigenvalue weighted by molar-refractivity contribution is -0.413. The van der Waals surface area contributed by atoms with E-state index in [1.54, 1.807) is 0 Å². The van der Waals surface area contributed by atoms with Crippen LogP contribution in [-0.4, -0.2) is 19.3 Å². The maximum absolute atomic E-state index is 5.77. The molecular weight excluding hydrogens is 202 g/mol. The van der Waals surface area contributed by atoms with Crippen molar-refractivity contribution in [3.8, 4) is 11.5 Å². The van der Waals surface area contributed by atoms with Gasteiger partial charge in [0.25, 0.3) is 0 Å². The Bertz CT molecular complexity index is 394. The standard InChI is InChI=1S/C13H17NO2/c1-8(14)6-11-10-3-5-15-12(10)7-9-2-4-16-13(9)11/h7-8H,2-6,14H2,1H3/p+1/t8-/m1/s1. The molecule has 2 aliphatic rings. The van der Waals surface area contributed by atoms with Crippen molar-refractivity contribution in [2.45, 2.75) is 32.2 Å². The Labute approximate surface area is 95.5 Å². The van der Waals surface area contributed by atoms with Crippen molar-refractivity contribution in [3.05, 3.63) is 22.8 Å². The summed E-state index contributed by atoms with van der Waals surface area (Å²) in [5.74, 6) is 2.21. The third kappa shape index (κ3) is 1.47. The zero-order valence-electron chi connectivity index (χ0n) is 9.71. The van der Waals surface area contributed by atoms with Crippen molar-refractivity contribution < 1.29 is 15.2 Å². The molecular formula is C13H18NO2+. The van der Waals surface area contributed by atoms with Gasteiger partial charge in [-0.2, -0.15) is 0 Å². The molecule has 86 valence electrons. The van der Waals surface area contributed by atoms with E-state index in [1.165, 1.54) is 16.7 Å². The van der Waals surface area contributed by atoms with Gasteiger partial charge in [0.2, 0.25) is 0 Å². The molecule has 0 amide bonds. The summed E-state index contributed by atoms with van der Waals surface area (Å²) in [5, 5.41) is 0. The Morgan fingerprint density at radius 1 is 1.31 bits per heavy atom. The van der Waals surface area contributed by atoms with Crippen LogP contribution < -0.4 is 15.2 Å². The van der Waals surface area contributed by atoms with Gasteiger partial charge in [0.05, 0.1) is 19.3 Å². The SMILES string of the molecule is C[C@@H]([NH3+])Cc1c2c(cc3c1OCC3)OCC2. The van der Waals surface area contributed by atoms with Gasteiger partial charge in [-0.25, -0.2) is 0 Å².